The Morgan fingerprint density at radius 2 is 1.84 bits per heavy atom. The number of benzene rings is 1. The van der Waals surface area contributed by atoms with Gasteiger partial charge < -0.3 is 24.6 Å². The van der Waals surface area contributed by atoms with Crippen molar-refractivity contribution in [2.75, 3.05) is 37.0 Å². The van der Waals surface area contributed by atoms with Crippen molar-refractivity contribution in [2.24, 2.45) is 0 Å². The number of aromatic nitrogens is 3. The molecule has 3 aromatic rings. The number of Topliss-reactive ketones (excluding diaryl/α,β-unsaturated/α-hetero) is 1. The molecule has 0 spiro atoms. The number of nitrogens with zero attached hydrogens (tertiary/aromatic N) is 5. The molecule has 3 heterocycles. The van der Waals surface area contributed by atoms with Crippen molar-refractivity contribution in [1.29, 1.82) is 0 Å². The molecule has 11 heteroatoms. The highest BCUT2D eigenvalue weighted by Gasteiger charge is 2.31. The molecule has 1 aliphatic heterocycles. The third-order valence-corrected chi connectivity index (χ3v) is 8.27. The van der Waals surface area contributed by atoms with E-state index in [1.54, 1.807) is 29.7 Å². The van der Waals surface area contributed by atoms with Gasteiger partial charge in [0, 0.05) is 55.1 Å². The summed E-state index contributed by atoms with van der Waals surface area (Å²) in [6.07, 6.45) is 5.23. The first kappa shape index (κ1) is 30.3. The molecule has 11 nitrogen and oxygen atoms in total. The number of hydrogen-bond donors (Lipinski definition) is 1. The molecule has 230 valence electrons. The van der Waals surface area contributed by atoms with E-state index in [4.69, 9.17) is 14.5 Å². The first-order chi connectivity index (χ1) is 20.4. The van der Waals surface area contributed by atoms with Crippen molar-refractivity contribution in [3.63, 3.8) is 0 Å². The minimum absolute atomic E-state index is 0.00797. The second kappa shape index (κ2) is 11.9. The van der Waals surface area contributed by atoms with Crippen molar-refractivity contribution in [2.45, 2.75) is 84.9 Å². The van der Waals surface area contributed by atoms with Crippen molar-refractivity contribution < 1.29 is 19.1 Å². The molecule has 1 atom stereocenters. The van der Waals surface area contributed by atoms with Gasteiger partial charge in [0.15, 0.2) is 5.78 Å². The number of fused-ring (bicyclic) bond motifs is 1. The molecule has 1 aromatic carbocycles. The average Bonchev–Trinajstić information content (AvgIpc) is 3.46. The molecule has 1 unspecified atom stereocenters. The number of ether oxygens (including phenoxy) is 2. The fourth-order valence-electron chi connectivity index (χ4n) is 6.24. The summed E-state index contributed by atoms with van der Waals surface area (Å²) in [5.41, 5.74) is 2.20. The second-order valence-corrected chi connectivity index (χ2v) is 12.6. The number of rotatable bonds is 6. The number of ketones is 1. The first-order valence-electron chi connectivity index (χ1n) is 15.0. The van der Waals surface area contributed by atoms with E-state index in [1.165, 1.54) is 6.92 Å². The third kappa shape index (κ3) is 6.16. The molecule has 1 amide bonds. The third-order valence-electron chi connectivity index (χ3n) is 8.27. The quantitative estimate of drug-likeness (QED) is 0.365. The Labute approximate surface area is 252 Å². The van der Waals surface area contributed by atoms with E-state index in [0.29, 0.717) is 47.9 Å². The Balaban J connectivity index is 1.41. The number of carbonyl (C=O) groups is 2. The lowest BCUT2D eigenvalue weighted by molar-refractivity contribution is 0.0218. The number of anilines is 3. The first-order valence-corrected chi connectivity index (χ1v) is 15.0. The van der Waals surface area contributed by atoms with Gasteiger partial charge in [-0.3, -0.25) is 14.2 Å². The molecule has 0 bridgehead atoms. The topological polar surface area (TPSA) is 119 Å². The molecule has 1 aliphatic carbocycles. The zero-order chi connectivity index (χ0) is 31.1. The van der Waals surface area contributed by atoms with Crippen molar-refractivity contribution >= 4 is 40.2 Å². The monoisotopic (exact) mass is 590 g/mol. The lowest BCUT2D eigenvalue weighted by Crippen LogP contribution is -2.54. The van der Waals surface area contributed by atoms with Crippen LogP contribution in [0.5, 0.6) is 5.75 Å². The van der Waals surface area contributed by atoms with E-state index in [1.807, 2.05) is 39.0 Å². The number of piperazine rings is 1. The molecule has 43 heavy (non-hydrogen) atoms. The van der Waals surface area contributed by atoms with Crippen LogP contribution >= 0.6 is 0 Å². The molecule has 2 aliphatic rings. The summed E-state index contributed by atoms with van der Waals surface area (Å²) in [6.45, 7) is 12.6. The Bertz CT molecular complexity index is 1600. The predicted octanol–water partition coefficient (Wildman–Crippen LogP) is 5.62. The molecule has 2 aromatic heterocycles. The van der Waals surface area contributed by atoms with Crippen molar-refractivity contribution in [3.05, 3.63) is 45.9 Å². The maximum absolute atomic E-state index is 13.5. The molecule has 1 saturated carbocycles. The maximum Gasteiger partial charge on any atom is 0.410 e. The van der Waals surface area contributed by atoms with E-state index in [2.05, 4.69) is 22.1 Å². The van der Waals surface area contributed by atoms with E-state index >= 15 is 0 Å². The Morgan fingerprint density at radius 3 is 2.47 bits per heavy atom. The summed E-state index contributed by atoms with van der Waals surface area (Å²) >= 11 is 0. The van der Waals surface area contributed by atoms with E-state index in [-0.39, 0.29) is 35.1 Å². The summed E-state index contributed by atoms with van der Waals surface area (Å²) in [4.78, 5) is 51.9. The summed E-state index contributed by atoms with van der Waals surface area (Å²) in [7, 11) is 1.63. The maximum atomic E-state index is 13.5. The predicted molar refractivity (Wildman–Crippen MR) is 167 cm³/mol. The van der Waals surface area contributed by atoms with Crippen LogP contribution in [0, 0.1) is 6.92 Å². The van der Waals surface area contributed by atoms with Gasteiger partial charge in [0.25, 0.3) is 5.56 Å². The van der Waals surface area contributed by atoms with Crippen LogP contribution in [0.4, 0.5) is 22.1 Å². The van der Waals surface area contributed by atoms with Crippen LogP contribution in [0.2, 0.25) is 0 Å². The van der Waals surface area contributed by atoms with Gasteiger partial charge in [-0.2, -0.15) is 4.98 Å². The highest BCUT2D eigenvalue weighted by Crippen LogP contribution is 2.35. The van der Waals surface area contributed by atoms with Crippen LogP contribution in [0.15, 0.2) is 29.2 Å². The fraction of sp³-hybridized carbons (Fsp3) is 0.531. The average molecular weight is 591 g/mol. The van der Waals surface area contributed by atoms with Crippen LogP contribution in [0.1, 0.15) is 82.3 Å². The van der Waals surface area contributed by atoms with Crippen molar-refractivity contribution in [1.82, 2.24) is 19.4 Å². The van der Waals surface area contributed by atoms with Gasteiger partial charge in [0.1, 0.15) is 17.0 Å². The van der Waals surface area contributed by atoms with Gasteiger partial charge >= 0.3 is 6.09 Å². The van der Waals surface area contributed by atoms with Crippen molar-refractivity contribution in [3.8, 4) is 5.75 Å². The number of aryl methyl sites for hydroxylation is 1. The van der Waals surface area contributed by atoms with Gasteiger partial charge in [-0.05, 0) is 72.1 Å². The van der Waals surface area contributed by atoms with Gasteiger partial charge in [0.05, 0.1) is 18.4 Å². The van der Waals surface area contributed by atoms with Crippen LogP contribution in [0.3, 0.4) is 0 Å². The van der Waals surface area contributed by atoms with E-state index < -0.39 is 5.60 Å². The lowest BCUT2D eigenvalue weighted by atomic mass is 10.0. The summed E-state index contributed by atoms with van der Waals surface area (Å²) in [6, 6.07) is 5.87. The molecule has 1 saturated heterocycles. The van der Waals surface area contributed by atoms with Crippen LogP contribution < -0.4 is 20.5 Å². The molecule has 1 N–H and O–H groups in total. The number of hydrogen-bond acceptors (Lipinski definition) is 9. The highest BCUT2D eigenvalue weighted by molar-refractivity contribution is 5.99. The number of amides is 1. The normalized spacial score (nSPS) is 17.8. The van der Waals surface area contributed by atoms with E-state index in [0.717, 1.165) is 37.1 Å². The summed E-state index contributed by atoms with van der Waals surface area (Å²) in [5, 5.41) is 3.98. The largest absolute Gasteiger partial charge is 0.495 e. The van der Waals surface area contributed by atoms with Gasteiger partial charge in [-0.1, -0.05) is 12.8 Å². The minimum Gasteiger partial charge on any atom is -0.495 e. The number of carbonyl (C=O) groups excluding carboxylic acids is 2. The summed E-state index contributed by atoms with van der Waals surface area (Å²) < 4.78 is 13.1. The molecular formula is C32H42N6O5. The Hall–Kier alpha value is -4.15. The standard InChI is InChI=1S/C32H42N6O5/c1-19-18-36(31(41)43-32(4,5)6)14-15-37(19)25-13-12-22(16-26(25)42-7)34-30-33-17-24-20(2)27(21(3)39)29(40)38(28(24)35-30)23-10-8-9-11-23/h12-13,16-17,19,23H,8-11,14-15,18H2,1-7H3,(H,33,34,35). The molecule has 5 rings (SSSR count). The smallest absolute Gasteiger partial charge is 0.410 e. The van der Waals surface area contributed by atoms with Gasteiger partial charge in [-0.25, -0.2) is 9.78 Å². The minimum atomic E-state index is -0.539. The fourth-order valence-corrected chi connectivity index (χ4v) is 6.24. The zero-order valence-corrected chi connectivity index (χ0v) is 26.2. The second-order valence-electron chi connectivity index (χ2n) is 12.6. The number of methoxy groups -OCH3 is 1. The SMILES string of the molecule is COc1cc(Nc2ncc3c(C)c(C(C)=O)c(=O)n(C4CCCC4)c3n2)ccc1N1CCN(C(=O)OC(C)(C)C)CC1C. The van der Waals surface area contributed by atoms with Gasteiger partial charge in [-0.15, -0.1) is 0 Å². The van der Waals surface area contributed by atoms with E-state index in [9.17, 15) is 14.4 Å². The number of pyridine rings is 1. The summed E-state index contributed by atoms with van der Waals surface area (Å²) in [5.74, 6) is 0.780. The number of nitrogens with one attached hydrogen (secondary N) is 1. The Morgan fingerprint density at radius 1 is 1.12 bits per heavy atom. The molecular weight excluding hydrogens is 548 g/mol. The molecule has 0 radical (unpaired) electrons. The van der Waals surface area contributed by atoms with Crippen LogP contribution in [-0.2, 0) is 4.74 Å². The van der Waals surface area contributed by atoms with Crippen LogP contribution in [0.25, 0.3) is 11.0 Å². The zero-order valence-electron chi connectivity index (χ0n) is 26.2. The van der Waals surface area contributed by atoms with Crippen LogP contribution in [-0.4, -0.2) is 69.7 Å². The highest BCUT2D eigenvalue weighted by atomic mass is 16.6. The molecule has 2 fully saturated rings. The van der Waals surface area contributed by atoms with Gasteiger partial charge in [0.2, 0.25) is 5.95 Å². The Kier molecular flexibility index (Phi) is 8.36. The lowest BCUT2D eigenvalue weighted by Gasteiger charge is -2.41.